The molecule has 0 aliphatic carbocycles. The van der Waals surface area contributed by atoms with Gasteiger partial charge in [0, 0.05) is 40.9 Å². The second kappa shape index (κ2) is 9.76. The van der Waals surface area contributed by atoms with E-state index in [1.54, 1.807) is 0 Å². The van der Waals surface area contributed by atoms with Gasteiger partial charge in [-0.25, -0.2) is 0 Å². The zero-order chi connectivity index (χ0) is 29.6. The lowest BCUT2D eigenvalue weighted by Crippen LogP contribution is -2.68. The Balaban J connectivity index is 1.39. The Morgan fingerprint density at radius 2 is 1.83 bits per heavy atom. The number of amides is 1. The number of ether oxygens (including phenoxy) is 2. The third-order valence-corrected chi connectivity index (χ3v) is 10.8. The minimum Gasteiger partial charge on any atom is -0.507 e. The second-order valence-corrected chi connectivity index (χ2v) is 12.7. The molecule has 2 aromatic rings. The van der Waals surface area contributed by atoms with Crippen LogP contribution in [-0.4, -0.2) is 89.0 Å². The van der Waals surface area contributed by atoms with Crippen LogP contribution < -0.4 is 14.8 Å². The van der Waals surface area contributed by atoms with Crippen LogP contribution in [0.3, 0.4) is 0 Å². The summed E-state index contributed by atoms with van der Waals surface area (Å²) in [4.78, 5) is 20.0. The number of phenolic OH excluding ortho intramolecular Hbond substituents is 2. The molecule has 1 unspecified atom stereocenters. The largest absolute Gasteiger partial charge is 0.507 e. The molecule has 3 N–H and O–H groups in total. The smallest absolute Gasteiger partial charge is 0.237 e. The number of phenols is 2. The minimum absolute atomic E-state index is 0.0271. The highest BCUT2D eigenvalue weighted by molar-refractivity contribution is 5.82. The number of carbonyl (C=O) groups is 1. The summed E-state index contributed by atoms with van der Waals surface area (Å²) in [7, 11) is 4.02. The number of nitrogens with one attached hydrogen (secondary N) is 1. The van der Waals surface area contributed by atoms with Crippen LogP contribution in [0.4, 0.5) is 0 Å². The van der Waals surface area contributed by atoms with E-state index in [9.17, 15) is 20.3 Å². The van der Waals surface area contributed by atoms with Crippen molar-refractivity contribution in [2.75, 3.05) is 34.0 Å². The van der Waals surface area contributed by atoms with Crippen LogP contribution in [-0.2, 0) is 17.6 Å². The molecule has 2 aromatic carbocycles. The first-order valence-electron chi connectivity index (χ1n) is 15.0. The maximum Gasteiger partial charge on any atom is 0.237 e. The van der Waals surface area contributed by atoms with Gasteiger partial charge in [0.2, 0.25) is 12.7 Å². The summed E-state index contributed by atoms with van der Waals surface area (Å²) in [5, 5.41) is 37.0. The lowest BCUT2D eigenvalue weighted by molar-refractivity contribution is -0.126. The number of benzene rings is 2. The zero-order valence-electron chi connectivity index (χ0n) is 24.9. The first kappa shape index (κ1) is 27.3. The number of nitriles is 1. The van der Waals surface area contributed by atoms with Crippen LogP contribution in [0, 0.1) is 32.1 Å². The van der Waals surface area contributed by atoms with Gasteiger partial charge in [-0.2, -0.15) is 5.26 Å². The van der Waals surface area contributed by atoms with Crippen LogP contribution in [0.15, 0.2) is 6.07 Å². The van der Waals surface area contributed by atoms with E-state index in [0.717, 1.165) is 52.8 Å². The van der Waals surface area contributed by atoms with Crippen molar-refractivity contribution in [1.29, 1.82) is 5.26 Å². The summed E-state index contributed by atoms with van der Waals surface area (Å²) in [5.74, 6) is 1.56. The van der Waals surface area contributed by atoms with E-state index in [4.69, 9.17) is 9.47 Å². The van der Waals surface area contributed by atoms with Crippen molar-refractivity contribution in [2.24, 2.45) is 0 Å². The van der Waals surface area contributed by atoms with Gasteiger partial charge < -0.3 is 25.0 Å². The molecule has 6 atom stereocenters. The third-order valence-electron chi connectivity index (χ3n) is 10.8. The maximum absolute atomic E-state index is 13.4. The Morgan fingerprint density at radius 3 is 2.55 bits per heavy atom. The van der Waals surface area contributed by atoms with Gasteiger partial charge >= 0.3 is 0 Å². The molecule has 1 amide bonds. The lowest BCUT2D eigenvalue weighted by atomic mass is 9.71. The maximum atomic E-state index is 13.4. The van der Waals surface area contributed by atoms with Crippen molar-refractivity contribution in [3.05, 3.63) is 45.0 Å². The van der Waals surface area contributed by atoms with Gasteiger partial charge in [0.1, 0.15) is 17.5 Å². The van der Waals surface area contributed by atoms with Crippen molar-refractivity contribution in [3.8, 4) is 29.1 Å². The van der Waals surface area contributed by atoms with E-state index in [1.165, 1.54) is 0 Å². The average molecular weight is 574 g/mol. The zero-order valence-corrected chi connectivity index (χ0v) is 24.9. The summed E-state index contributed by atoms with van der Waals surface area (Å²) in [6.45, 7) is 6.99. The van der Waals surface area contributed by atoms with Crippen LogP contribution >= 0.6 is 0 Å². The first-order valence-corrected chi connectivity index (χ1v) is 15.0. The van der Waals surface area contributed by atoms with Crippen LogP contribution in [0.2, 0.25) is 0 Å². The topological polar surface area (TPSA) is 122 Å². The normalized spacial score (nSPS) is 29.9. The predicted octanol–water partition coefficient (Wildman–Crippen LogP) is 2.73. The van der Waals surface area contributed by atoms with Crippen molar-refractivity contribution in [1.82, 2.24) is 20.0 Å². The van der Waals surface area contributed by atoms with Crippen molar-refractivity contribution in [2.45, 2.75) is 82.7 Å². The molecule has 5 aliphatic rings. The standard InChI is InChI=1S/C32H39N5O5/c1-15-9-18-10-21-23(12-33)37-22(27(36(21)5)25(18)29(39)16(15)2)11-19-26(31-30(41-14-42-31)17(3)28(19)38)24(37)13-34-32(40)20-7-6-8-35(20)4/h9,20-24,27,38-39H,6-8,10-11,13-14H2,1-5H3,(H,34,40)/t20-,21-,22?,23-,24-,27+/m0/s1. The number of likely N-dealkylation sites (N-methyl/N-ethyl adjacent to an activating group) is 2. The van der Waals surface area contributed by atoms with E-state index >= 15 is 0 Å². The highest BCUT2D eigenvalue weighted by Gasteiger charge is 2.56. The Bertz CT molecular complexity index is 1530. The van der Waals surface area contributed by atoms with Gasteiger partial charge in [-0.15, -0.1) is 0 Å². The van der Waals surface area contributed by atoms with E-state index in [1.807, 2.05) is 34.9 Å². The van der Waals surface area contributed by atoms with Gasteiger partial charge in [0.25, 0.3) is 0 Å². The summed E-state index contributed by atoms with van der Waals surface area (Å²) in [6.07, 6.45) is 2.88. The molecule has 0 radical (unpaired) electrons. The quantitative estimate of drug-likeness (QED) is 0.509. The number of rotatable bonds is 3. The Hall–Kier alpha value is -3.52. The third kappa shape index (κ3) is 3.70. The van der Waals surface area contributed by atoms with Crippen LogP contribution in [0.25, 0.3) is 0 Å². The fourth-order valence-corrected chi connectivity index (χ4v) is 8.46. The van der Waals surface area contributed by atoms with Crippen LogP contribution in [0.1, 0.15) is 63.9 Å². The number of carbonyl (C=O) groups excluding carboxylic acids is 1. The Kier molecular flexibility index (Phi) is 6.35. The number of aryl methyl sites for hydroxylation is 1. The second-order valence-electron chi connectivity index (χ2n) is 12.7. The number of likely N-dealkylation sites (tertiary alicyclic amines) is 1. The number of hydrogen-bond donors (Lipinski definition) is 3. The molecule has 2 saturated heterocycles. The fourth-order valence-electron chi connectivity index (χ4n) is 8.46. The van der Waals surface area contributed by atoms with Gasteiger partial charge in [-0.3, -0.25) is 19.5 Å². The monoisotopic (exact) mass is 573 g/mol. The van der Waals surface area contributed by atoms with Gasteiger partial charge in [0.05, 0.1) is 24.2 Å². The molecule has 2 fully saturated rings. The molecule has 42 heavy (non-hydrogen) atoms. The SMILES string of the molecule is Cc1cc2c(c(O)c1C)[C@H]1C3Cc4c(O)c(C)c5c(c4[C@H](CNC(=O)[C@@H]4CCCN4C)N3[C@@H](C#N)[C@H](C2)N1C)OCO5. The summed E-state index contributed by atoms with van der Waals surface area (Å²) in [5.41, 5.74) is 6.04. The molecule has 2 bridgehead atoms. The van der Waals surface area contributed by atoms with Crippen molar-refractivity contribution >= 4 is 5.91 Å². The summed E-state index contributed by atoms with van der Waals surface area (Å²) in [6, 6.07) is 3.12. The highest BCUT2D eigenvalue weighted by Crippen LogP contribution is 2.57. The van der Waals surface area contributed by atoms with Gasteiger partial charge in [-0.05, 0) is 83.8 Å². The molecule has 10 nitrogen and oxygen atoms in total. The summed E-state index contributed by atoms with van der Waals surface area (Å²) < 4.78 is 11.9. The Morgan fingerprint density at radius 1 is 1.07 bits per heavy atom. The van der Waals surface area contributed by atoms with Gasteiger partial charge in [0.15, 0.2) is 11.5 Å². The van der Waals surface area contributed by atoms with E-state index in [0.29, 0.717) is 35.7 Å². The van der Waals surface area contributed by atoms with Gasteiger partial charge in [-0.1, -0.05) is 6.07 Å². The lowest BCUT2D eigenvalue weighted by Gasteiger charge is -2.60. The molecule has 5 heterocycles. The molecule has 0 aromatic heterocycles. The first-order chi connectivity index (χ1) is 20.1. The van der Waals surface area contributed by atoms with Crippen molar-refractivity contribution in [3.63, 3.8) is 0 Å². The number of piperazine rings is 1. The highest BCUT2D eigenvalue weighted by atomic mass is 16.7. The molecule has 222 valence electrons. The molecule has 7 rings (SSSR count). The summed E-state index contributed by atoms with van der Waals surface area (Å²) >= 11 is 0. The minimum atomic E-state index is -0.487. The number of nitrogens with zero attached hydrogens (tertiary/aromatic N) is 4. The van der Waals surface area contributed by atoms with E-state index in [-0.39, 0.29) is 49.2 Å². The average Bonchev–Trinajstić information content (AvgIpc) is 3.63. The predicted molar refractivity (Wildman–Crippen MR) is 155 cm³/mol. The molecule has 5 aliphatic heterocycles. The molecular formula is C32H39N5O5. The van der Waals surface area contributed by atoms with E-state index < -0.39 is 12.1 Å². The molecule has 0 spiro atoms. The molecule has 0 saturated carbocycles. The van der Waals surface area contributed by atoms with Crippen LogP contribution in [0.5, 0.6) is 23.0 Å². The molecular weight excluding hydrogens is 534 g/mol. The fraction of sp³-hybridized carbons (Fsp3) is 0.562. The number of fused-ring (bicyclic) bond motifs is 9. The Labute approximate surface area is 246 Å². The molecule has 10 heteroatoms. The van der Waals surface area contributed by atoms with E-state index in [2.05, 4.69) is 32.2 Å². The number of hydrogen-bond acceptors (Lipinski definition) is 9. The van der Waals surface area contributed by atoms with Crippen molar-refractivity contribution < 1.29 is 24.5 Å². The number of aromatic hydroxyl groups is 2.